The number of hydrogen-bond donors (Lipinski definition) is 1. The zero-order chi connectivity index (χ0) is 18.1. The van der Waals surface area contributed by atoms with Crippen molar-refractivity contribution in [3.63, 3.8) is 0 Å². The van der Waals surface area contributed by atoms with E-state index in [0.29, 0.717) is 29.2 Å². The number of hydrogen-bond acceptors (Lipinski definition) is 4. The normalized spacial score (nSPS) is 10.8. The van der Waals surface area contributed by atoms with Gasteiger partial charge in [-0.3, -0.25) is 14.9 Å². The van der Waals surface area contributed by atoms with E-state index in [2.05, 4.69) is 5.32 Å². The van der Waals surface area contributed by atoms with E-state index in [1.54, 1.807) is 36.4 Å². The van der Waals surface area contributed by atoms with Crippen LogP contribution in [0.25, 0.3) is 6.08 Å². The van der Waals surface area contributed by atoms with Crippen LogP contribution in [0.3, 0.4) is 0 Å². The van der Waals surface area contributed by atoms with Gasteiger partial charge in [-0.25, -0.2) is 4.39 Å². The highest BCUT2D eigenvalue weighted by Gasteiger charge is 2.03. The van der Waals surface area contributed by atoms with Gasteiger partial charge in [-0.1, -0.05) is 18.2 Å². The van der Waals surface area contributed by atoms with E-state index in [1.165, 1.54) is 36.0 Å². The Hall–Kier alpha value is -2.67. The second-order valence-corrected chi connectivity index (χ2v) is 6.22. The molecule has 1 N–H and O–H groups in total. The van der Waals surface area contributed by atoms with Crippen LogP contribution in [-0.2, 0) is 10.5 Å². The third-order valence-corrected chi connectivity index (χ3v) is 4.30. The highest BCUT2D eigenvalue weighted by molar-refractivity contribution is 7.98. The van der Waals surface area contributed by atoms with Crippen molar-refractivity contribution in [3.8, 4) is 0 Å². The second-order valence-electron chi connectivity index (χ2n) is 5.12. The van der Waals surface area contributed by atoms with E-state index in [-0.39, 0.29) is 17.4 Å². The number of amides is 1. The number of nitrogens with one attached hydrogen (secondary N) is 1. The van der Waals surface area contributed by atoms with Gasteiger partial charge in [0.15, 0.2) is 0 Å². The smallest absolute Gasteiger partial charge is 0.269 e. The lowest BCUT2D eigenvalue weighted by molar-refractivity contribution is -0.384. The van der Waals surface area contributed by atoms with E-state index >= 15 is 0 Å². The van der Waals surface area contributed by atoms with Gasteiger partial charge in [0.2, 0.25) is 5.91 Å². The summed E-state index contributed by atoms with van der Waals surface area (Å²) in [4.78, 5) is 21.8. The maximum atomic E-state index is 13.4. The van der Waals surface area contributed by atoms with Crippen LogP contribution in [0.1, 0.15) is 11.1 Å². The van der Waals surface area contributed by atoms with Gasteiger partial charge in [-0.2, -0.15) is 11.8 Å². The molecule has 2 aromatic rings. The maximum absolute atomic E-state index is 13.4. The Morgan fingerprint density at radius 2 is 1.92 bits per heavy atom. The molecule has 2 rings (SSSR count). The van der Waals surface area contributed by atoms with Gasteiger partial charge in [-0.05, 0) is 35.4 Å². The summed E-state index contributed by atoms with van der Waals surface area (Å²) in [6.07, 6.45) is 2.97. The number of benzene rings is 2. The van der Waals surface area contributed by atoms with E-state index in [1.807, 2.05) is 0 Å². The van der Waals surface area contributed by atoms with E-state index in [4.69, 9.17) is 0 Å². The van der Waals surface area contributed by atoms with Crippen LogP contribution >= 0.6 is 11.8 Å². The average molecular weight is 360 g/mol. The summed E-state index contributed by atoms with van der Waals surface area (Å²) in [5, 5.41) is 13.3. The number of halogens is 1. The lowest BCUT2D eigenvalue weighted by Crippen LogP contribution is -2.23. The molecule has 0 spiro atoms. The molecule has 25 heavy (non-hydrogen) atoms. The van der Waals surface area contributed by atoms with Crippen molar-refractivity contribution in [1.29, 1.82) is 0 Å². The van der Waals surface area contributed by atoms with Gasteiger partial charge in [0.05, 0.1) is 4.92 Å². The van der Waals surface area contributed by atoms with Crippen molar-refractivity contribution < 1.29 is 14.1 Å². The largest absolute Gasteiger partial charge is 0.352 e. The van der Waals surface area contributed by atoms with Gasteiger partial charge < -0.3 is 5.32 Å². The predicted octanol–water partition coefficient (Wildman–Crippen LogP) is 3.80. The lowest BCUT2D eigenvalue weighted by Gasteiger charge is -2.04. The third kappa shape index (κ3) is 6.39. The lowest BCUT2D eigenvalue weighted by atomic mass is 10.2. The van der Waals surface area contributed by atoms with Crippen molar-refractivity contribution in [2.24, 2.45) is 0 Å². The monoisotopic (exact) mass is 360 g/mol. The van der Waals surface area contributed by atoms with Gasteiger partial charge >= 0.3 is 0 Å². The van der Waals surface area contributed by atoms with Crippen molar-refractivity contribution in [2.75, 3.05) is 12.3 Å². The molecule has 0 heterocycles. The first-order chi connectivity index (χ1) is 12.1. The Morgan fingerprint density at radius 3 is 2.60 bits per heavy atom. The van der Waals surface area contributed by atoms with Crippen molar-refractivity contribution >= 4 is 29.4 Å². The molecule has 0 atom stereocenters. The van der Waals surface area contributed by atoms with Crippen molar-refractivity contribution in [2.45, 2.75) is 5.75 Å². The number of thioether (sulfide) groups is 1. The summed E-state index contributed by atoms with van der Waals surface area (Å²) in [7, 11) is 0. The standard InChI is InChI=1S/C18H17FN2O3S/c19-17-4-2-1-3-15(17)13-25-12-11-20-18(22)10-7-14-5-8-16(9-6-14)21(23)24/h1-10H,11-13H2,(H,20,22)/b10-7+. The van der Waals surface area contributed by atoms with Crippen LogP contribution < -0.4 is 5.32 Å². The fourth-order valence-electron chi connectivity index (χ4n) is 1.98. The number of carbonyl (C=O) groups excluding carboxylic acids is 1. The Labute approximate surface area is 149 Å². The highest BCUT2D eigenvalue weighted by Crippen LogP contribution is 2.15. The quantitative estimate of drug-likeness (QED) is 0.336. The summed E-state index contributed by atoms with van der Waals surface area (Å²) in [5.41, 5.74) is 1.36. The molecule has 0 fully saturated rings. The average Bonchev–Trinajstić information content (AvgIpc) is 2.61. The number of nitro groups is 1. The summed E-state index contributed by atoms with van der Waals surface area (Å²) < 4.78 is 13.4. The molecule has 2 aromatic carbocycles. The second kappa shape index (κ2) is 9.58. The minimum absolute atomic E-state index is 0.00785. The molecule has 0 saturated carbocycles. The molecule has 0 unspecified atom stereocenters. The Bertz CT molecular complexity index is 763. The molecule has 0 bridgehead atoms. The van der Waals surface area contributed by atoms with Crippen LogP contribution in [0.5, 0.6) is 0 Å². The molecule has 0 radical (unpaired) electrons. The molecule has 0 saturated heterocycles. The summed E-state index contributed by atoms with van der Waals surface area (Å²) in [5.74, 6) is 0.766. The molecule has 0 aromatic heterocycles. The predicted molar refractivity (Wildman–Crippen MR) is 97.7 cm³/mol. The fraction of sp³-hybridized carbons (Fsp3) is 0.167. The van der Waals surface area contributed by atoms with Crippen LogP contribution in [0, 0.1) is 15.9 Å². The summed E-state index contributed by atoms with van der Waals surface area (Å²) >= 11 is 1.54. The molecule has 1 amide bonds. The van der Waals surface area contributed by atoms with Crippen LogP contribution in [0.2, 0.25) is 0 Å². The zero-order valence-corrected chi connectivity index (χ0v) is 14.2. The number of carbonyl (C=O) groups is 1. The Kier molecular flexibility index (Phi) is 7.16. The minimum Gasteiger partial charge on any atom is -0.352 e. The maximum Gasteiger partial charge on any atom is 0.269 e. The third-order valence-electron chi connectivity index (χ3n) is 3.29. The Balaban J connectivity index is 1.68. The van der Waals surface area contributed by atoms with E-state index in [0.717, 1.165) is 0 Å². The molecule has 130 valence electrons. The first kappa shape index (κ1) is 18.7. The summed E-state index contributed by atoms with van der Waals surface area (Å²) in [6.45, 7) is 0.475. The van der Waals surface area contributed by atoms with E-state index < -0.39 is 4.92 Å². The van der Waals surface area contributed by atoms with Crippen molar-refractivity contribution in [1.82, 2.24) is 5.32 Å². The molecular formula is C18H17FN2O3S. The van der Waals surface area contributed by atoms with Crippen LogP contribution in [-0.4, -0.2) is 23.1 Å². The minimum atomic E-state index is -0.473. The number of non-ortho nitro benzene ring substituents is 1. The summed E-state index contributed by atoms with van der Waals surface area (Å²) in [6, 6.07) is 12.5. The van der Waals surface area contributed by atoms with E-state index in [9.17, 15) is 19.3 Å². The van der Waals surface area contributed by atoms with Crippen LogP contribution in [0.15, 0.2) is 54.6 Å². The molecular weight excluding hydrogens is 343 g/mol. The number of nitrogens with zero attached hydrogens (tertiary/aromatic N) is 1. The van der Waals surface area contributed by atoms with Gasteiger partial charge in [0.1, 0.15) is 5.82 Å². The molecule has 0 aliphatic carbocycles. The van der Waals surface area contributed by atoms with Gasteiger partial charge in [0, 0.05) is 36.3 Å². The zero-order valence-electron chi connectivity index (χ0n) is 13.4. The topological polar surface area (TPSA) is 72.2 Å². The number of rotatable bonds is 8. The van der Waals surface area contributed by atoms with Crippen molar-refractivity contribution in [3.05, 3.63) is 81.7 Å². The molecule has 0 aliphatic heterocycles. The molecule has 7 heteroatoms. The first-order valence-corrected chi connectivity index (χ1v) is 8.73. The molecule has 5 nitrogen and oxygen atoms in total. The Morgan fingerprint density at radius 1 is 1.20 bits per heavy atom. The SMILES string of the molecule is O=C(/C=C/c1ccc([N+](=O)[O-])cc1)NCCSCc1ccccc1F. The molecule has 0 aliphatic rings. The van der Waals surface area contributed by atoms with Crippen LogP contribution in [0.4, 0.5) is 10.1 Å². The fourth-order valence-corrected chi connectivity index (χ4v) is 2.83. The van der Waals surface area contributed by atoms with Gasteiger partial charge in [-0.15, -0.1) is 0 Å². The van der Waals surface area contributed by atoms with Gasteiger partial charge in [0.25, 0.3) is 5.69 Å². The number of nitro benzene ring substituents is 1. The highest BCUT2D eigenvalue weighted by atomic mass is 32.2. The first-order valence-electron chi connectivity index (χ1n) is 7.58.